The molecule has 0 heterocycles. The Balaban J connectivity index is 2.31. The van der Waals surface area contributed by atoms with Gasteiger partial charge in [0.15, 0.2) is 0 Å². The smallest absolute Gasteiger partial charge is 0.137 e. The van der Waals surface area contributed by atoms with E-state index in [4.69, 9.17) is 10.5 Å². The Morgan fingerprint density at radius 2 is 1.84 bits per heavy atom. The van der Waals surface area contributed by atoms with Gasteiger partial charge in [0.1, 0.15) is 11.6 Å². The fraction of sp³-hybridized carbons (Fsp3) is 0.200. The lowest BCUT2D eigenvalue weighted by Gasteiger charge is -2.13. The first-order valence-electron chi connectivity index (χ1n) is 5.97. The Morgan fingerprint density at radius 3 is 2.42 bits per heavy atom. The SMILES string of the molecule is COc1ccc(Sc2c(F)cccc2C(C)N)cc1. The van der Waals surface area contributed by atoms with Gasteiger partial charge in [-0.15, -0.1) is 0 Å². The van der Waals surface area contributed by atoms with Crippen molar-refractivity contribution >= 4 is 11.8 Å². The predicted octanol–water partition coefficient (Wildman–Crippen LogP) is 4.01. The van der Waals surface area contributed by atoms with Crippen molar-refractivity contribution in [3.8, 4) is 5.75 Å². The Kier molecular flexibility index (Phi) is 4.45. The Hall–Kier alpha value is -1.52. The maximum absolute atomic E-state index is 13.9. The van der Waals surface area contributed by atoms with Crippen molar-refractivity contribution in [2.45, 2.75) is 22.8 Å². The van der Waals surface area contributed by atoms with E-state index in [-0.39, 0.29) is 11.9 Å². The summed E-state index contributed by atoms with van der Waals surface area (Å²) in [5.41, 5.74) is 6.70. The fourth-order valence-electron chi connectivity index (χ4n) is 1.75. The van der Waals surface area contributed by atoms with Gasteiger partial charge >= 0.3 is 0 Å². The van der Waals surface area contributed by atoms with Crippen LogP contribution in [0.3, 0.4) is 0 Å². The first kappa shape index (κ1) is 13.9. The molecule has 4 heteroatoms. The van der Waals surface area contributed by atoms with E-state index in [0.29, 0.717) is 4.90 Å². The van der Waals surface area contributed by atoms with Crippen LogP contribution in [0.15, 0.2) is 52.3 Å². The van der Waals surface area contributed by atoms with Crippen LogP contribution in [-0.2, 0) is 0 Å². The third-order valence-electron chi connectivity index (χ3n) is 2.77. The molecule has 0 aliphatic rings. The van der Waals surface area contributed by atoms with Crippen molar-refractivity contribution in [1.29, 1.82) is 0 Å². The van der Waals surface area contributed by atoms with Crippen molar-refractivity contribution in [2.75, 3.05) is 7.11 Å². The summed E-state index contributed by atoms with van der Waals surface area (Å²) >= 11 is 1.38. The average molecular weight is 277 g/mol. The van der Waals surface area contributed by atoms with E-state index in [2.05, 4.69) is 0 Å². The molecule has 2 aromatic carbocycles. The Morgan fingerprint density at radius 1 is 1.16 bits per heavy atom. The van der Waals surface area contributed by atoms with Crippen LogP contribution in [0, 0.1) is 5.82 Å². The van der Waals surface area contributed by atoms with Gasteiger partial charge < -0.3 is 10.5 Å². The molecular formula is C15H16FNOS. The largest absolute Gasteiger partial charge is 0.497 e. The molecule has 0 saturated heterocycles. The molecule has 100 valence electrons. The van der Waals surface area contributed by atoms with Crippen molar-refractivity contribution < 1.29 is 9.13 Å². The molecule has 2 nitrogen and oxygen atoms in total. The van der Waals surface area contributed by atoms with Gasteiger partial charge in [0.25, 0.3) is 0 Å². The number of nitrogens with two attached hydrogens (primary N) is 1. The van der Waals surface area contributed by atoms with E-state index in [9.17, 15) is 4.39 Å². The Bertz CT molecular complexity index is 555. The summed E-state index contributed by atoms with van der Waals surface area (Å²) in [6, 6.07) is 12.3. The standard InChI is InChI=1S/C15H16FNOS/c1-10(17)13-4-3-5-14(16)15(13)19-12-8-6-11(18-2)7-9-12/h3-10H,17H2,1-2H3. The average Bonchev–Trinajstić information content (AvgIpc) is 2.41. The van der Waals surface area contributed by atoms with E-state index in [1.54, 1.807) is 13.2 Å². The maximum atomic E-state index is 13.9. The van der Waals surface area contributed by atoms with Gasteiger partial charge in [-0.2, -0.15) is 0 Å². The minimum atomic E-state index is -0.240. The monoisotopic (exact) mass is 277 g/mol. The molecule has 2 rings (SSSR count). The summed E-state index contributed by atoms with van der Waals surface area (Å²) in [6.45, 7) is 1.85. The van der Waals surface area contributed by atoms with Gasteiger partial charge in [0, 0.05) is 10.9 Å². The molecule has 0 spiro atoms. The van der Waals surface area contributed by atoms with Gasteiger partial charge in [-0.25, -0.2) is 4.39 Å². The van der Waals surface area contributed by atoms with Gasteiger partial charge in [-0.05, 0) is 42.8 Å². The highest BCUT2D eigenvalue weighted by atomic mass is 32.2. The molecule has 1 atom stereocenters. The highest BCUT2D eigenvalue weighted by molar-refractivity contribution is 7.99. The lowest BCUT2D eigenvalue weighted by atomic mass is 10.1. The van der Waals surface area contributed by atoms with Gasteiger partial charge in [-0.1, -0.05) is 23.9 Å². The molecule has 0 fully saturated rings. The summed E-state index contributed by atoms with van der Waals surface area (Å²) in [7, 11) is 1.62. The van der Waals surface area contributed by atoms with Crippen molar-refractivity contribution in [3.05, 3.63) is 53.8 Å². The van der Waals surface area contributed by atoms with Crippen LogP contribution in [0.2, 0.25) is 0 Å². The van der Waals surface area contributed by atoms with Gasteiger partial charge in [0.2, 0.25) is 0 Å². The highest BCUT2D eigenvalue weighted by Crippen LogP contribution is 2.35. The topological polar surface area (TPSA) is 35.2 Å². The minimum Gasteiger partial charge on any atom is -0.497 e. The molecule has 1 unspecified atom stereocenters. The van der Waals surface area contributed by atoms with Gasteiger partial charge in [-0.3, -0.25) is 0 Å². The second-order valence-corrected chi connectivity index (χ2v) is 5.31. The van der Waals surface area contributed by atoms with Crippen LogP contribution in [-0.4, -0.2) is 7.11 Å². The van der Waals surface area contributed by atoms with Crippen LogP contribution in [0.1, 0.15) is 18.5 Å². The van der Waals surface area contributed by atoms with Gasteiger partial charge in [0.05, 0.1) is 12.0 Å². The van der Waals surface area contributed by atoms with E-state index in [1.165, 1.54) is 17.8 Å². The molecule has 2 aromatic rings. The van der Waals surface area contributed by atoms with E-state index in [0.717, 1.165) is 16.2 Å². The number of methoxy groups -OCH3 is 1. The zero-order valence-corrected chi connectivity index (χ0v) is 11.7. The fourth-order valence-corrected chi connectivity index (χ4v) is 2.80. The first-order chi connectivity index (χ1) is 9.11. The lowest BCUT2D eigenvalue weighted by Crippen LogP contribution is -2.07. The zero-order valence-electron chi connectivity index (χ0n) is 10.9. The van der Waals surface area contributed by atoms with Crippen LogP contribution in [0.4, 0.5) is 4.39 Å². The number of benzene rings is 2. The summed E-state index contributed by atoms with van der Waals surface area (Å²) in [4.78, 5) is 1.54. The normalized spacial score (nSPS) is 12.2. The Labute approximate surface area is 116 Å². The second kappa shape index (κ2) is 6.08. The summed E-state index contributed by atoms with van der Waals surface area (Å²) < 4.78 is 19.0. The molecular weight excluding hydrogens is 261 g/mol. The molecule has 19 heavy (non-hydrogen) atoms. The minimum absolute atomic E-state index is 0.198. The van der Waals surface area contributed by atoms with E-state index in [1.807, 2.05) is 37.3 Å². The van der Waals surface area contributed by atoms with Crippen LogP contribution in [0.25, 0.3) is 0 Å². The summed E-state index contributed by atoms with van der Waals surface area (Å²) in [5, 5.41) is 0. The van der Waals surface area contributed by atoms with Crippen LogP contribution in [0.5, 0.6) is 5.75 Å². The molecule has 0 radical (unpaired) electrons. The molecule has 0 amide bonds. The van der Waals surface area contributed by atoms with E-state index >= 15 is 0 Å². The quantitative estimate of drug-likeness (QED) is 0.917. The number of hydrogen-bond donors (Lipinski definition) is 1. The number of rotatable bonds is 4. The molecule has 0 bridgehead atoms. The van der Waals surface area contributed by atoms with Crippen LogP contribution < -0.4 is 10.5 Å². The zero-order chi connectivity index (χ0) is 13.8. The second-order valence-electron chi connectivity index (χ2n) is 4.22. The predicted molar refractivity (Wildman–Crippen MR) is 76.1 cm³/mol. The number of ether oxygens (including phenoxy) is 1. The maximum Gasteiger partial charge on any atom is 0.137 e. The van der Waals surface area contributed by atoms with Crippen molar-refractivity contribution in [2.24, 2.45) is 5.73 Å². The number of hydrogen-bond acceptors (Lipinski definition) is 3. The summed E-state index contributed by atoms with van der Waals surface area (Å²) in [5.74, 6) is 0.543. The molecule has 0 saturated carbocycles. The third kappa shape index (κ3) is 3.28. The van der Waals surface area contributed by atoms with E-state index < -0.39 is 0 Å². The van der Waals surface area contributed by atoms with Crippen molar-refractivity contribution in [3.63, 3.8) is 0 Å². The molecule has 2 N–H and O–H groups in total. The lowest BCUT2D eigenvalue weighted by molar-refractivity contribution is 0.414. The highest BCUT2D eigenvalue weighted by Gasteiger charge is 2.12. The summed E-state index contributed by atoms with van der Waals surface area (Å²) in [6.07, 6.45) is 0. The molecule has 0 aromatic heterocycles. The first-order valence-corrected chi connectivity index (χ1v) is 6.79. The molecule has 0 aliphatic carbocycles. The van der Waals surface area contributed by atoms with Crippen LogP contribution >= 0.6 is 11.8 Å². The molecule has 0 aliphatic heterocycles. The number of halogens is 1. The van der Waals surface area contributed by atoms with Crippen molar-refractivity contribution in [1.82, 2.24) is 0 Å². The third-order valence-corrected chi connectivity index (χ3v) is 3.91.